The van der Waals surface area contributed by atoms with Crippen LogP contribution in [0.25, 0.3) is 0 Å². The highest BCUT2D eigenvalue weighted by atomic mass is 31.2. The second-order valence-corrected chi connectivity index (χ2v) is 17.2. The van der Waals surface area contributed by atoms with Crippen LogP contribution in [-0.2, 0) is 32.7 Å². The Labute approximate surface area is 331 Å². The predicted molar refractivity (Wildman–Crippen MR) is 222 cm³/mol. The molecule has 0 aromatic rings. The van der Waals surface area contributed by atoms with Crippen molar-refractivity contribution in [3.8, 4) is 0 Å². The average molecular weight is 784 g/mol. The lowest BCUT2D eigenvalue weighted by molar-refractivity contribution is -0.870. The van der Waals surface area contributed by atoms with Crippen LogP contribution in [0.2, 0.25) is 0 Å². The number of phosphoric ester groups is 1. The van der Waals surface area contributed by atoms with Crippen molar-refractivity contribution >= 4 is 19.8 Å². The molecule has 2 atom stereocenters. The lowest BCUT2D eigenvalue weighted by Crippen LogP contribution is -2.37. The Morgan fingerprint density at radius 3 is 1.57 bits per heavy atom. The standard InChI is InChI=1S/C44H82NO8P/c1-6-8-10-12-14-16-18-20-22-24-26-28-30-32-34-36-43(46)50-40-42(41-52-54(48,49)51-39-38-45(3,4)5)53-44(47)37-35-33-31-29-27-25-23-21-19-17-15-13-11-9-7-2/h20,22,31,33,35,37,42H,6-19,21,23-30,32,34,36,38-41H2,1-5H3/b22-20+,33-31+,37-35+/t42-/m1/s1. The highest BCUT2D eigenvalue weighted by molar-refractivity contribution is 7.45. The average Bonchev–Trinajstić information content (AvgIpc) is 3.12. The van der Waals surface area contributed by atoms with E-state index in [-0.39, 0.29) is 19.6 Å². The number of hydrogen-bond acceptors (Lipinski definition) is 8. The zero-order valence-corrected chi connectivity index (χ0v) is 36.3. The molecule has 0 aliphatic rings. The summed E-state index contributed by atoms with van der Waals surface area (Å²) in [6.07, 6.45) is 40.9. The minimum atomic E-state index is -4.65. The summed E-state index contributed by atoms with van der Waals surface area (Å²) < 4.78 is 33.6. The summed E-state index contributed by atoms with van der Waals surface area (Å²) in [5.41, 5.74) is 0. The molecule has 0 aromatic carbocycles. The van der Waals surface area contributed by atoms with E-state index in [9.17, 15) is 19.0 Å². The maximum atomic E-state index is 12.5. The third-order valence-electron chi connectivity index (χ3n) is 9.24. The summed E-state index contributed by atoms with van der Waals surface area (Å²) in [5, 5.41) is 0. The summed E-state index contributed by atoms with van der Waals surface area (Å²) in [5.74, 6) is -1.10. The summed E-state index contributed by atoms with van der Waals surface area (Å²) in [4.78, 5) is 37.3. The van der Waals surface area contributed by atoms with E-state index in [1.54, 1.807) is 6.08 Å². The summed E-state index contributed by atoms with van der Waals surface area (Å²) >= 11 is 0. The molecule has 0 saturated carbocycles. The van der Waals surface area contributed by atoms with Gasteiger partial charge in [-0.15, -0.1) is 0 Å². The molecule has 10 heteroatoms. The van der Waals surface area contributed by atoms with Gasteiger partial charge in [0.15, 0.2) is 6.10 Å². The van der Waals surface area contributed by atoms with Crippen molar-refractivity contribution in [2.45, 2.75) is 187 Å². The third-order valence-corrected chi connectivity index (χ3v) is 10.2. The van der Waals surface area contributed by atoms with Crippen LogP contribution in [0.3, 0.4) is 0 Å². The predicted octanol–water partition coefficient (Wildman–Crippen LogP) is 11.5. The first kappa shape index (κ1) is 52.2. The number of ether oxygens (including phenoxy) is 2. The molecule has 0 bridgehead atoms. The Morgan fingerprint density at radius 2 is 1.07 bits per heavy atom. The molecule has 1 unspecified atom stereocenters. The number of rotatable bonds is 39. The van der Waals surface area contributed by atoms with Crippen molar-refractivity contribution in [1.82, 2.24) is 0 Å². The fourth-order valence-electron chi connectivity index (χ4n) is 5.79. The van der Waals surface area contributed by atoms with E-state index in [1.807, 2.05) is 33.3 Å². The summed E-state index contributed by atoms with van der Waals surface area (Å²) in [6, 6.07) is 0. The molecule has 0 amide bonds. The van der Waals surface area contributed by atoms with Crippen LogP contribution < -0.4 is 4.89 Å². The smallest absolute Gasteiger partial charge is 0.331 e. The Kier molecular flexibility index (Phi) is 35.6. The normalized spacial score (nSPS) is 14.0. The lowest BCUT2D eigenvalue weighted by atomic mass is 10.1. The van der Waals surface area contributed by atoms with Crippen LogP contribution in [0, 0.1) is 0 Å². The number of esters is 2. The van der Waals surface area contributed by atoms with Crippen molar-refractivity contribution in [1.29, 1.82) is 0 Å². The summed E-state index contributed by atoms with van der Waals surface area (Å²) in [6.45, 7) is 4.09. The first-order valence-electron chi connectivity index (χ1n) is 21.7. The highest BCUT2D eigenvalue weighted by Crippen LogP contribution is 2.38. The van der Waals surface area contributed by atoms with Crippen molar-refractivity contribution in [2.24, 2.45) is 0 Å². The van der Waals surface area contributed by atoms with Gasteiger partial charge >= 0.3 is 11.9 Å². The molecular formula is C44H82NO8P. The molecule has 316 valence electrons. The number of hydrogen-bond donors (Lipinski definition) is 0. The second kappa shape index (κ2) is 36.8. The minimum absolute atomic E-state index is 0.0477. The van der Waals surface area contributed by atoms with E-state index in [0.29, 0.717) is 17.4 Å². The molecule has 0 saturated heterocycles. The molecule has 0 heterocycles. The lowest BCUT2D eigenvalue weighted by Gasteiger charge is -2.28. The molecule has 0 fully saturated rings. The minimum Gasteiger partial charge on any atom is -0.756 e. The van der Waals surface area contributed by atoms with E-state index in [1.165, 1.54) is 115 Å². The van der Waals surface area contributed by atoms with Gasteiger partial charge < -0.3 is 27.9 Å². The molecule has 0 N–H and O–H groups in total. The largest absolute Gasteiger partial charge is 0.756 e. The number of allylic oxidation sites excluding steroid dienone is 5. The van der Waals surface area contributed by atoms with Gasteiger partial charge in [0, 0.05) is 12.5 Å². The SMILES string of the molecule is CCCCCCCC/C=C/CCCCCCCC(=O)OC[C@H](COP(=O)([O-])OCC[N+](C)(C)C)OC(=O)/C=C/C=C/CCCCCCCCCCCCC. The van der Waals surface area contributed by atoms with Gasteiger partial charge in [-0.1, -0.05) is 160 Å². The van der Waals surface area contributed by atoms with Crippen LogP contribution in [0.5, 0.6) is 0 Å². The Morgan fingerprint density at radius 1 is 0.611 bits per heavy atom. The second-order valence-electron chi connectivity index (χ2n) is 15.8. The number of nitrogens with zero attached hydrogens (tertiary/aromatic N) is 1. The number of phosphoric acid groups is 1. The van der Waals surface area contributed by atoms with E-state index in [0.717, 1.165) is 44.9 Å². The van der Waals surface area contributed by atoms with Crippen LogP contribution in [0.4, 0.5) is 0 Å². The molecule has 0 rings (SSSR count). The fraction of sp³-hybridized carbons (Fsp3) is 0.818. The highest BCUT2D eigenvalue weighted by Gasteiger charge is 2.21. The first-order valence-corrected chi connectivity index (χ1v) is 23.2. The van der Waals surface area contributed by atoms with Gasteiger partial charge in [0.1, 0.15) is 19.8 Å². The quantitative estimate of drug-likeness (QED) is 0.0115. The van der Waals surface area contributed by atoms with E-state index in [4.69, 9.17) is 18.5 Å². The molecule has 0 spiro atoms. The van der Waals surface area contributed by atoms with Crippen LogP contribution in [-0.4, -0.2) is 70.0 Å². The molecular weight excluding hydrogens is 701 g/mol. The van der Waals surface area contributed by atoms with Gasteiger partial charge in [-0.3, -0.25) is 9.36 Å². The van der Waals surface area contributed by atoms with Crippen LogP contribution >= 0.6 is 7.82 Å². The van der Waals surface area contributed by atoms with Gasteiger partial charge in [-0.25, -0.2) is 4.79 Å². The molecule has 54 heavy (non-hydrogen) atoms. The Balaban J connectivity index is 4.48. The van der Waals surface area contributed by atoms with Crippen LogP contribution in [0.1, 0.15) is 181 Å². The topological polar surface area (TPSA) is 111 Å². The fourth-order valence-corrected chi connectivity index (χ4v) is 6.52. The van der Waals surface area contributed by atoms with E-state index >= 15 is 0 Å². The van der Waals surface area contributed by atoms with E-state index < -0.39 is 32.5 Å². The van der Waals surface area contributed by atoms with Gasteiger partial charge in [0.05, 0.1) is 27.7 Å². The van der Waals surface area contributed by atoms with Crippen LogP contribution in [0.15, 0.2) is 36.5 Å². The monoisotopic (exact) mass is 784 g/mol. The van der Waals surface area contributed by atoms with Crippen molar-refractivity contribution in [3.05, 3.63) is 36.5 Å². The van der Waals surface area contributed by atoms with Crippen molar-refractivity contribution in [2.75, 3.05) is 47.5 Å². The zero-order chi connectivity index (χ0) is 40.0. The maximum absolute atomic E-state index is 12.5. The zero-order valence-electron chi connectivity index (χ0n) is 35.4. The molecule has 9 nitrogen and oxygen atoms in total. The maximum Gasteiger partial charge on any atom is 0.331 e. The van der Waals surface area contributed by atoms with Gasteiger partial charge in [-0.2, -0.15) is 0 Å². The van der Waals surface area contributed by atoms with Gasteiger partial charge in [0.2, 0.25) is 0 Å². The van der Waals surface area contributed by atoms with Gasteiger partial charge in [0.25, 0.3) is 7.82 Å². The molecule has 0 aromatic heterocycles. The van der Waals surface area contributed by atoms with Gasteiger partial charge in [-0.05, 0) is 44.9 Å². The molecule has 0 radical (unpaired) electrons. The Bertz CT molecular complexity index is 1020. The van der Waals surface area contributed by atoms with Crippen molar-refractivity contribution < 1.29 is 42.1 Å². The number of carbonyl (C=O) groups is 2. The number of likely N-dealkylation sites (N-methyl/N-ethyl adjacent to an activating group) is 1. The third kappa shape index (κ3) is 39.9. The number of quaternary nitrogens is 1. The molecule has 0 aliphatic heterocycles. The first-order chi connectivity index (χ1) is 26.0. The van der Waals surface area contributed by atoms with E-state index in [2.05, 4.69) is 26.0 Å². The number of unbranched alkanes of at least 4 members (excludes halogenated alkanes) is 22. The van der Waals surface area contributed by atoms with Crippen molar-refractivity contribution in [3.63, 3.8) is 0 Å². The Hall–Kier alpha value is -1.77. The molecule has 0 aliphatic carbocycles. The number of carbonyl (C=O) groups excluding carboxylic acids is 2. The summed E-state index contributed by atoms with van der Waals surface area (Å²) in [7, 11) is 1.11.